The average Bonchev–Trinajstić information content (AvgIpc) is 2.98. The number of amides is 3. The number of hydrogen-bond donors (Lipinski definition) is 3. The molecule has 3 amide bonds. The van der Waals surface area contributed by atoms with E-state index in [4.69, 9.17) is 4.74 Å². The van der Waals surface area contributed by atoms with Crippen molar-refractivity contribution in [3.63, 3.8) is 0 Å². The molecule has 0 unspecified atom stereocenters. The van der Waals surface area contributed by atoms with Crippen molar-refractivity contribution in [2.24, 2.45) is 0 Å². The van der Waals surface area contributed by atoms with Crippen LogP contribution in [0.3, 0.4) is 0 Å². The van der Waals surface area contributed by atoms with Crippen LogP contribution in [0, 0.1) is 5.82 Å². The van der Waals surface area contributed by atoms with Gasteiger partial charge in [-0.15, -0.1) is 11.8 Å². The number of hydrogen-bond acceptors (Lipinski definition) is 5. The van der Waals surface area contributed by atoms with Crippen molar-refractivity contribution >= 4 is 46.9 Å². The maximum absolute atomic E-state index is 14.3. The third-order valence-corrected chi connectivity index (χ3v) is 6.61. The largest absolute Gasteiger partial charge is 0.495 e. The van der Waals surface area contributed by atoms with Gasteiger partial charge in [0.05, 0.1) is 18.6 Å². The minimum atomic E-state index is -0.621. The van der Waals surface area contributed by atoms with Gasteiger partial charge in [0, 0.05) is 21.7 Å². The first-order valence-electron chi connectivity index (χ1n) is 12.2. The van der Waals surface area contributed by atoms with Gasteiger partial charge in [0.2, 0.25) is 5.91 Å². The molecule has 0 radical (unpaired) electrons. The van der Waals surface area contributed by atoms with E-state index in [0.717, 1.165) is 4.90 Å². The summed E-state index contributed by atoms with van der Waals surface area (Å²) in [6, 6.07) is 28.4. The Morgan fingerprint density at radius 1 is 0.825 bits per heavy atom. The standard InChI is InChI=1S/C31H26FN3O4S/c1-39-28-14-8-7-13-26(28)34-29(36)20-40-24-17-15-23(16-18-24)33-31(38)27(19-22-11-5-6-12-25(22)32)35-30(37)21-9-3-2-4-10-21/h2-19H,20H2,1H3,(H,33,38)(H,34,36)(H,35,37)/b27-19-. The molecule has 4 rings (SSSR count). The van der Waals surface area contributed by atoms with Crippen LogP contribution in [0.1, 0.15) is 15.9 Å². The molecule has 0 aromatic heterocycles. The second kappa shape index (κ2) is 13.8. The van der Waals surface area contributed by atoms with E-state index >= 15 is 0 Å². The Balaban J connectivity index is 1.41. The number of halogens is 1. The van der Waals surface area contributed by atoms with Crippen molar-refractivity contribution in [1.82, 2.24) is 5.32 Å². The molecule has 4 aromatic carbocycles. The smallest absolute Gasteiger partial charge is 0.272 e. The fourth-order valence-electron chi connectivity index (χ4n) is 3.61. The van der Waals surface area contributed by atoms with Gasteiger partial charge in [-0.2, -0.15) is 0 Å². The topological polar surface area (TPSA) is 96.5 Å². The lowest BCUT2D eigenvalue weighted by Crippen LogP contribution is -2.30. The van der Waals surface area contributed by atoms with Crippen molar-refractivity contribution in [2.45, 2.75) is 4.90 Å². The molecule has 0 atom stereocenters. The monoisotopic (exact) mass is 555 g/mol. The molecule has 0 bridgehead atoms. The summed E-state index contributed by atoms with van der Waals surface area (Å²) in [6.45, 7) is 0. The lowest BCUT2D eigenvalue weighted by molar-refractivity contribution is -0.114. The van der Waals surface area contributed by atoms with E-state index in [9.17, 15) is 18.8 Å². The first-order chi connectivity index (χ1) is 19.4. The van der Waals surface area contributed by atoms with Crippen molar-refractivity contribution < 1.29 is 23.5 Å². The molecule has 0 aliphatic heterocycles. The number of nitrogens with one attached hydrogen (secondary N) is 3. The molecule has 202 valence electrons. The van der Waals surface area contributed by atoms with Gasteiger partial charge >= 0.3 is 0 Å². The Kier molecular flexibility index (Phi) is 9.68. The van der Waals surface area contributed by atoms with Crippen molar-refractivity contribution in [1.29, 1.82) is 0 Å². The summed E-state index contributed by atoms with van der Waals surface area (Å²) >= 11 is 1.33. The summed E-state index contributed by atoms with van der Waals surface area (Å²) < 4.78 is 19.6. The molecule has 4 aromatic rings. The van der Waals surface area contributed by atoms with Crippen LogP contribution in [-0.2, 0) is 9.59 Å². The van der Waals surface area contributed by atoms with Gasteiger partial charge in [-0.05, 0) is 60.7 Å². The Morgan fingerprint density at radius 3 is 2.23 bits per heavy atom. The van der Waals surface area contributed by atoms with Crippen LogP contribution in [0.25, 0.3) is 6.08 Å². The number of carbonyl (C=O) groups excluding carboxylic acids is 3. The first kappa shape index (κ1) is 28.1. The van der Waals surface area contributed by atoms with E-state index in [0.29, 0.717) is 22.7 Å². The third-order valence-electron chi connectivity index (χ3n) is 5.60. The fourth-order valence-corrected chi connectivity index (χ4v) is 4.30. The molecule has 0 saturated carbocycles. The van der Waals surface area contributed by atoms with Gasteiger partial charge in [0.25, 0.3) is 11.8 Å². The second-order valence-corrected chi connectivity index (χ2v) is 9.46. The average molecular weight is 556 g/mol. The third kappa shape index (κ3) is 7.81. The van der Waals surface area contributed by atoms with Crippen LogP contribution in [-0.4, -0.2) is 30.6 Å². The van der Waals surface area contributed by atoms with E-state index in [2.05, 4.69) is 16.0 Å². The number of ether oxygens (including phenoxy) is 1. The molecule has 40 heavy (non-hydrogen) atoms. The summed E-state index contributed by atoms with van der Waals surface area (Å²) in [5, 5.41) is 8.14. The number of para-hydroxylation sites is 2. The number of anilines is 2. The first-order valence-corrected chi connectivity index (χ1v) is 13.2. The lowest BCUT2D eigenvalue weighted by Gasteiger charge is -2.12. The van der Waals surface area contributed by atoms with Crippen LogP contribution in [0.5, 0.6) is 5.75 Å². The maximum Gasteiger partial charge on any atom is 0.272 e. The highest BCUT2D eigenvalue weighted by Gasteiger charge is 2.16. The number of carbonyl (C=O) groups is 3. The normalized spacial score (nSPS) is 10.9. The van der Waals surface area contributed by atoms with Crippen molar-refractivity contribution in [3.8, 4) is 5.75 Å². The van der Waals surface area contributed by atoms with Crippen LogP contribution in [0.15, 0.2) is 114 Å². The van der Waals surface area contributed by atoms with E-state index in [1.807, 2.05) is 12.1 Å². The van der Waals surface area contributed by atoms with E-state index in [1.165, 1.54) is 43.1 Å². The lowest BCUT2D eigenvalue weighted by atomic mass is 10.1. The van der Waals surface area contributed by atoms with E-state index in [1.54, 1.807) is 72.8 Å². The van der Waals surface area contributed by atoms with Crippen LogP contribution < -0.4 is 20.7 Å². The molecule has 0 heterocycles. The number of thioether (sulfide) groups is 1. The Labute approximate surface area is 235 Å². The summed E-state index contributed by atoms with van der Waals surface area (Å²) in [4.78, 5) is 39.1. The second-order valence-electron chi connectivity index (χ2n) is 8.42. The number of methoxy groups -OCH3 is 1. The minimum Gasteiger partial charge on any atom is -0.495 e. The molecule has 3 N–H and O–H groups in total. The SMILES string of the molecule is COc1ccccc1NC(=O)CSc1ccc(NC(=O)/C(=C/c2ccccc2F)NC(=O)c2ccccc2)cc1. The molecule has 0 saturated heterocycles. The zero-order valence-electron chi connectivity index (χ0n) is 21.5. The highest BCUT2D eigenvalue weighted by atomic mass is 32.2. The molecule has 0 spiro atoms. The predicted molar refractivity (Wildman–Crippen MR) is 156 cm³/mol. The molecular weight excluding hydrogens is 529 g/mol. The minimum absolute atomic E-state index is 0.120. The highest BCUT2D eigenvalue weighted by Crippen LogP contribution is 2.25. The molecule has 0 aliphatic carbocycles. The Bertz CT molecular complexity index is 1530. The summed E-state index contributed by atoms with van der Waals surface area (Å²) in [5.74, 6) is -1.10. The van der Waals surface area contributed by atoms with Crippen LogP contribution in [0.4, 0.5) is 15.8 Å². The number of benzene rings is 4. The van der Waals surface area contributed by atoms with E-state index < -0.39 is 17.6 Å². The van der Waals surface area contributed by atoms with Gasteiger partial charge in [-0.25, -0.2) is 4.39 Å². The van der Waals surface area contributed by atoms with Crippen molar-refractivity contribution in [3.05, 3.63) is 126 Å². The number of rotatable bonds is 10. The molecular formula is C31H26FN3O4S. The molecule has 0 fully saturated rings. The maximum atomic E-state index is 14.3. The van der Waals surface area contributed by atoms with Crippen molar-refractivity contribution in [2.75, 3.05) is 23.5 Å². The van der Waals surface area contributed by atoms with Crippen LogP contribution in [0.2, 0.25) is 0 Å². The van der Waals surface area contributed by atoms with Gasteiger partial charge in [0.1, 0.15) is 17.3 Å². The van der Waals surface area contributed by atoms with Gasteiger partial charge < -0.3 is 20.7 Å². The summed E-state index contributed by atoms with van der Waals surface area (Å²) in [6.07, 6.45) is 1.29. The zero-order chi connectivity index (χ0) is 28.3. The Morgan fingerprint density at radius 2 is 1.50 bits per heavy atom. The fraction of sp³-hybridized carbons (Fsp3) is 0.0645. The highest BCUT2D eigenvalue weighted by molar-refractivity contribution is 8.00. The molecule has 0 aliphatic rings. The van der Waals surface area contributed by atoms with E-state index in [-0.39, 0.29) is 22.9 Å². The molecule has 7 nitrogen and oxygen atoms in total. The Hall–Kier alpha value is -4.89. The predicted octanol–water partition coefficient (Wildman–Crippen LogP) is 5.97. The van der Waals surface area contributed by atoms with Gasteiger partial charge in [-0.3, -0.25) is 14.4 Å². The molecule has 9 heteroatoms. The zero-order valence-corrected chi connectivity index (χ0v) is 22.3. The van der Waals surface area contributed by atoms with Crippen LogP contribution >= 0.6 is 11.8 Å². The van der Waals surface area contributed by atoms with Gasteiger partial charge in [0.15, 0.2) is 0 Å². The quantitative estimate of drug-likeness (QED) is 0.165. The summed E-state index contributed by atoms with van der Waals surface area (Å²) in [5.41, 5.74) is 1.43. The van der Waals surface area contributed by atoms with Gasteiger partial charge in [-0.1, -0.05) is 48.5 Å². The summed E-state index contributed by atoms with van der Waals surface area (Å²) in [7, 11) is 1.54.